The SMILES string of the molecule is C=Cc1cc[n+]([O-])cn1. The molecule has 0 bridgehead atoms. The Kier molecular flexibility index (Phi) is 1.44. The minimum Gasteiger partial charge on any atom is -0.711 e. The van der Waals surface area contributed by atoms with Gasteiger partial charge in [0.25, 0.3) is 6.33 Å². The third kappa shape index (κ3) is 1.25. The van der Waals surface area contributed by atoms with Crippen LogP contribution in [0.5, 0.6) is 0 Å². The molecule has 9 heavy (non-hydrogen) atoms. The van der Waals surface area contributed by atoms with E-state index in [-0.39, 0.29) is 0 Å². The fourth-order valence-corrected chi connectivity index (χ4v) is 0.476. The smallest absolute Gasteiger partial charge is 0.289 e. The summed E-state index contributed by atoms with van der Waals surface area (Å²) in [4.78, 5) is 3.73. The van der Waals surface area contributed by atoms with Crippen LogP contribution in [0.25, 0.3) is 6.08 Å². The van der Waals surface area contributed by atoms with Crippen molar-refractivity contribution < 1.29 is 4.73 Å². The van der Waals surface area contributed by atoms with Crippen LogP contribution in [0, 0.1) is 5.21 Å². The summed E-state index contributed by atoms with van der Waals surface area (Å²) >= 11 is 0. The molecule has 1 rings (SSSR count). The van der Waals surface area contributed by atoms with E-state index in [9.17, 15) is 5.21 Å². The molecule has 0 aliphatic carbocycles. The van der Waals surface area contributed by atoms with Gasteiger partial charge >= 0.3 is 0 Å². The van der Waals surface area contributed by atoms with Gasteiger partial charge in [-0.1, -0.05) is 6.58 Å². The quantitative estimate of drug-likeness (QED) is 0.398. The molecule has 0 aliphatic rings. The molecule has 1 aromatic rings. The van der Waals surface area contributed by atoms with E-state index in [1.807, 2.05) is 0 Å². The summed E-state index contributed by atoms with van der Waals surface area (Å²) < 4.78 is 0.632. The molecule has 0 N–H and O–H groups in total. The van der Waals surface area contributed by atoms with Gasteiger partial charge in [0, 0.05) is 6.07 Å². The van der Waals surface area contributed by atoms with E-state index >= 15 is 0 Å². The van der Waals surface area contributed by atoms with E-state index in [2.05, 4.69) is 11.6 Å². The van der Waals surface area contributed by atoms with Gasteiger partial charge in [0.05, 0.1) is 6.20 Å². The molecular weight excluding hydrogens is 116 g/mol. The van der Waals surface area contributed by atoms with Gasteiger partial charge in [0.1, 0.15) is 0 Å². The number of hydrogen-bond donors (Lipinski definition) is 0. The van der Waals surface area contributed by atoms with Crippen molar-refractivity contribution >= 4 is 6.08 Å². The van der Waals surface area contributed by atoms with Gasteiger partial charge in [-0.3, -0.25) is 0 Å². The number of aromatic nitrogens is 2. The Morgan fingerprint density at radius 2 is 2.56 bits per heavy atom. The van der Waals surface area contributed by atoms with Crippen LogP contribution in [0.15, 0.2) is 25.2 Å². The summed E-state index contributed by atoms with van der Waals surface area (Å²) in [5.41, 5.74) is 0.710. The van der Waals surface area contributed by atoms with Crippen molar-refractivity contribution in [2.45, 2.75) is 0 Å². The Labute approximate surface area is 52.9 Å². The summed E-state index contributed by atoms with van der Waals surface area (Å²) in [5.74, 6) is 0. The van der Waals surface area contributed by atoms with Crippen LogP contribution < -0.4 is 4.73 Å². The zero-order valence-corrected chi connectivity index (χ0v) is 4.82. The highest BCUT2D eigenvalue weighted by molar-refractivity contribution is 5.39. The van der Waals surface area contributed by atoms with Gasteiger partial charge in [-0.2, -0.15) is 0 Å². The second-order valence-corrected chi connectivity index (χ2v) is 1.55. The predicted molar refractivity (Wildman–Crippen MR) is 33.3 cm³/mol. The molecule has 0 aromatic carbocycles. The van der Waals surface area contributed by atoms with Crippen LogP contribution >= 0.6 is 0 Å². The van der Waals surface area contributed by atoms with Crippen LogP contribution in [-0.4, -0.2) is 4.98 Å². The molecule has 3 nitrogen and oxygen atoms in total. The highest BCUT2D eigenvalue weighted by Gasteiger charge is 1.90. The zero-order valence-electron chi connectivity index (χ0n) is 4.82. The van der Waals surface area contributed by atoms with Crippen molar-refractivity contribution in [3.8, 4) is 0 Å². The fourth-order valence-electron chi connectivity index (χ4n) is 0.476. The lowest BCUT2D eigenvalue weighted by atomic mass is 10.4. The first-order valence-electron chi connectivity index (χ1n) is 2.50. The van der Waals surface area contributed by atoms with Crippen molar-refractivity contribution in [3.63, 3.8) is 0 Å². The predicted octanol–water partition coefficient (Wildman–Crippen LogP) is 0.358. The van der Waals surface area contributed by atoms with Crippen LogP contribution in [0.3, 0.4) is 0 Å². The average Bonchev–Trinajstić information content (AvgIpc) is 1.90. The third-order valence-electron chi connectivity index (χ3n) is 0.922. The molecule has 46 valence electrons. The Morgan fingerprint density at radius 3 is 3.00 bits per heavy atom. The van der Waals surface area contributed by atoms with Crippen LogP contribution in [-0.2, 0) is 0 Å². The van der Waals surface area contributed by atoms with E-state index in [0.717, 1.165) is 0 Å². The van der Waals surface area contributed by atoms with E-state index in [0.29, 0.717) is 10.4 Å². The third-order valence-corrected chi connectivity index (χ3v) is 0.922. The number of nitrogens with zero attached hydrogens (tertiary/aromatic N) is 2. The normalized spacial score (nSPS) is 8.89. The van der Waals surface area contributed by atoms with Gasteiger partial charge in [-0.15, -0.1) is 0 Å². The largest absolute Gasteiger partial charge is 0.711 e. The number of rotatable bonds is 1. The maximum absolute atomic E-state index is 10.4. The Morgan fingerprint density at radius 1 is 1.78 bits per heavy atom. The van der Waals surface area contributed by atoms with Gasteiger partial charge in [-0.05, 0) is 11.1 Å². The van der Waals surface area contributed by atoms with E-state index in [1.54, 1.807) is 12.1 Å². The van der Waals surface area contributed by atoms with Gasteiger partial charge in [0.15, 0.2) is 5.69 Å². The topological polar surface area (TPSA) is 39.8 Å². The Bertz CT molecular complexity index is 205. The first-order valence-corrected chi connectivity index (χ1v) is 2.50. The molecule has 0 spiro atoms. The molecule has 0 aliphatic heterocycles. The van der Waals surface area contributed by atoms with E-state index < -0.39 is 0 Å². The highest BCUT2D eigenvalue weighted by atomic mass is 16.5. The monoisotopic (exact) mass is 122 g/mol. The van der Waals surface area contributed by atoms with Crippen molar-refractivity contribution in [2.75, 3.05) is 0 Å². The molecule has 0 fully saturated rings. The maximum Gasteiger partial charge on any atom is 0.289 e. The van der Waals surface area contributed by atoms with Crippen molar-refractivity contribution in [1.82, 2.24) is 4.98 Å². The molecule has 0 saturated carbocycles. The molecule has 0 radical (unpaired) electrons. The minimum absolute atomic E-state index is 0.632. The second kappa shape index (κ2) is 2.26. The maximum atomic E-state index is 10.4. The van der Waals surface area contributed by atoms with Crippen LogP contribution in [0.2, 0.25) is 0 Å². The molecule has 3 heteroatoms. The van der Waals surface area contributed by atoms with Crippen molar-refractivity contribution in [1.29, 1.82) is 0 Å². The fraction of sp³-hybridized carbons (Fsp3) is 0. The van der Waals surface area contributed by atoms with E-state index in [4.69, 9.17) is 0 Å². The van der Waals surface area contributed by atoms with Gasteiger partial charge in [0.2, 0.25) is 0 Å². The summed E-state index contributed by atoms with van der Waals surface area (Å²) in [6, 6.07) is 1.60. The van der Waals surface area contributed by atoms with Gasteiger partial charge < -0.3 is 5.21 Å². The van der Waals surface area contributed by atoms with Crippen LogP contribution in [0.4, 0.5) is 0 Å². The summed E-state index contributed by atoms with van der Waals surface area (Å²) in [5, 5.41) is 10.4. The average molecular weight is 122 g/mol. The summed E-state index contributed by atoms with van der Waals surface area (Å²) in [7, 11) is 0. The molecule has 0 unspecified atom stereocenters. The first-order chi connectivity index (χ1) is 4.33. The van der Waals surface area contributed by atoms with Crippen LogP contribution in [0.1, 0.15) is 5.69 Å². The molecule has 1 aromatic heterocycles. The lowest BCUT2D eigenvalue weighted by Crippen LogP contribution is -2.24. The lowest BCUT2D eigenvalue weighted by molar-refractivity contribution is -0.608. The van der Waals surface area contributed by atoms with Crippen molar-refractivity contribution in [2.24, 2.45) is 0 Å². The first kappa shape index (κ1) is 5.75. The summed E-state index contributed by atoms with van der Waals surface area (Å²) in [6.45, 7) is 3.49. The second-order valence-electron chi connectivity index (χ2n) is 1.55. The summed E-state index contributed by atoms with van der Waals surface area (Å²) in [6.07, 6.45) is 4.15. The molecule has 0 saturated heterocycles. The molecular formula is C6H6N2O. The Balaban J connectivity index is 3.01. The lowest BCUT2D eigenvalue weighted by Gasteiger charge is -1.94. The van der Waals surface area contributed by atoms with Crippen molar-refractivity contribution in [3.05, 3.63) is 36.1 Å². The molecule has 0 amide bonds. The molecule has 0 atom stereocenters. The Hall–Kier alpha value is -1.38. The van der Waals surface area contributed by atoms with E-state index in [1.165, 1.54) is 12.5 Å². The zero-order chi connectivity index (χ0) is 6.69. The standard InChI is InChI=1S/C6H6N2O/c1-2-6-3-4-8(9)5-7-6/h2-5H,1H2. The highest BCUT2D eigenvalue weighted by Crippen LogP contribution is 1.88. The minimum atomic E-state index is 0.632. The van der Waals surface area contributed by atoms with Gasteiger partial charge in [-0.25, -0.2) is 4.73 Å². The number of hydrogen-bond acceptors (Lipinski definition) is 2. The molecule has 1 heterocycles.